The predicted octanol–water partition coefficient (Wildman–Crippen LogP) is 3.99. The van der Waals surface area contributed by atoms with Crippen LogP contribution in [0.25, 0.3) is 11.3 Å². The van der Waals surface area contributed by atoms with Crippen LogP contribution in [0.2, 0.25) is 0 Å². The second-order valence-corrected chi connectivity index (χ2v) is 5.49. The van der Waals surface area contributed by atoms with Crippen LogP contribution in [-0.4, -0.2) is 10.1 Å². The molecule has 0 spiro atoms. The van der Waals surface area contributed by atoms with Crippen molar-refractivity contribution < 1.29 is 5.11 Å². The predicted molar refractivity (Wildman–Crippen MR) is 71.3 cm³/mol. The molecule has 0 amide bonds. The summed E-state index contributed by atoms with van der Waals surface area (Å²) in [5.74, 6) is 0.367. The molecule has 2 nitrogen and oxygen atoms in total. The minimum absolute atomic E-state index is 0.0540. The molecule has 0 atom stereocenters. The molecule has 0 aliphatic heterocycles. The summed E-state index contributed by atoms with van der Waals surface area (Å²) >= 11 is 0. The lowest BCUT2D eigenvalue weighted by Crippen LogP contribution is -2.09. The molecule has 0 radical (unpaired) electrons. The molecule has 0 bridgehead atoms. The van der Waals surface area contributed by atoms with Gasteiger partial charge in [-0.25, -0.2) is 0 Å². The first kappa shape index (κ1) is 11.8. The normalized spacial score (nSPS) is 11.8. The molecule has 0 saturated heterocycles. The van der Waals surface area contributed by atoms with E-state index in [0.29, 0.717) is 5.75 Å². The fourth-order valence-corrected chi connectivity index (χ4v) is 2.05. The van der Waals surface area contributed by atoms with Crippen molar-refractivity contribution in [1.82, 2.24) is 4.98 Å². The lowest BCUT2D eigenvalue weighted by Gasteiger charge is -2.17. The number of benzene rings is 1. The van der Waals surface area contributed by atoms with Crippen molar-refractivity contribution in [3.63, 3.8) is 0 Å². The van der Waals surface area contributed by atoms with Crippen LogP contribution < -0.4 is 0 Å². The number of aryl methyl sites for hydroxylation is 1. The van der Waals surface area contributed by atoms with Crippen LogP contribution in [0.5, 0.6) is 5.75 Å². The molecule has 2 rings (SSSR count). The van der Waals surface area contributed by atoms with Gasteiger partial charge in [0.1, 0.15) is 5.75 Å². The zero-order chi connectivity index (χ0) is 12.6. The summed E-state index contributed by atoms with van der Waals surface area (Å²) in [7, 11) is 0. The van der Waals surface area contributed by atoms with E-state index in [2.05, 4.69) is 25.8 Å². The molecule has 0 aliphatic rings. The quantitative estimate of drug-likeness (QED) is 0.762. The average molecular weight is 229 g/mol. The van der Waals surface area contributed by atoms with Crippen LogP contribution in [0.15, 0.2) is 30.5 Å². The van der Waals surface area contributed by atoms with E-state index in [0.717, 1.165) is 22.4 Å². The Morgan fingerprint density at radius 2 is 1.76 bits per heavy atom. The first-order valence-electron chi connectivity index (χ1n) is 5.88. The number of rotatable bonds is 1. The molecule has 90 valence electrons. The molecule has 2 N–H and O–H groups in total. The zero-order valence-corrected chi connectivity index (χ0v) is 10.8. The van der Waals surface area contributed by atoms with Crippen LogP contribution in [0, 0.1) is 6.92 Å². The fraction of sp³-hybridized carbons (Fsp3) is 0.333. The Kier molecular flexibility index (Phi) is 2.74. The maximum Gasteiger partial charge on any atom is 0.144 e. The van der Waals surface area contributed by atoms with E-state index < -0.39 is 0 Å². The maximum absolute atomic E-state index is 10.3. The third-order valence-electron chi connectivity index (χ3n) is 3.08. The number of aromatic hydroxyl groups is 1. The van der Waals surface area contributed by atoms with Crippen molar-refractivity contribution in [2.75, 3.05) is 0 Å². The van der Waals surface area contributed by atoms with Crippen LogP contribution in [0.4, 0.5) is 0 Å². The van der Waals surface area contributed by atoms with Gasteiger partial charge in [-0.3, -0.25) is 0 Å². The van der Waals surface area contributed by atoms with Crippen LogP contribution in [0.3, 0.4) is 0 Å². The molecule has 0 saturated carbocycles. The summed E-state index contributed by atoms with van der Waals surface area (Å²) in [6.45, 7) is 8.33. The first-order valence-corrected chi connectivity index (χ1v) is 5.88. The maximum atomic E-state index is 10.3. The number of hydrogen-bond donors (Lipinski definition) is 2. The lowest BCUT2D eigenvalue weighted by molar-refractivity contribution is 0.451. The SMILES string of the molecule is Cc1ccccc1-c1[nH]cc(C(C)(C)C)c1O. The Labute approximate surface area is 102 Å². The third kappa shape index (κ3) is 2.07. The van der Waals surface area contributed by atoms with Gasteiger partial charge in [0.2, 0.25) is 0 Å². The monoisotopic (exact) mass is 229 g/mol. The minimum atomic E-state index is -0.0540. The van der Waals surface area contributed by atoms with E-state index in [1.54, 1.807) is 0 Å². The smallest absolute Gasteiger partial charge is 0.144 e. The zero-order valence-electron chi connectivity index (χ0n) is 10.8. The highest BCUT2D eigenvalue weighted by Gasteiger charge is 2.22. The highest BCUT2D eigenvalue weighted by atomic mass is 16.3. The average Bonchev–Trinajstić information content (AvgIpc) is 2.60. The molecule has 0 unspecified atom stereocenters. The highest BCUT2D eigenvalue weighted by molar-refractivity contribution is 5.71. The second kappa shape index (κ2) is 3.95. The summed E-state index contributed by atoms with van der Waals surface area (Å²) in [5.41, 5.74) is 3.93. The van der Waals surface area contributed by atoms with Crippen LogP contribution in [0.1, 0.15) is 31.9 Å². The van der Waals surface area contributed by atoms with Crippen LogP contribution >= 0.6 is 0 Å². The van der Waals surface area contributed by atoms with E-state index in [1.165, 1.54) is 0 Å². The van der Waals surface area contributed by atoms with Gasteiger partial charge in [-0.15, -0.1) is 0 Å². The molecule has 0 aliphatic carbocycles. The molecular formula is C15H19NO. The topological polar surface area (TPSA) is 36.0 Å². The van der Waals surface area contributed by atoms with E-state index in [4.69, 9.17) is 0 Å². The Hall–Kier alpha value is -1.70. The highest BCUT2D eigenvalue weighted by Crippen LogP contribution is 2.38. The van der Waals surface area contributed by atoms with Crippen molar-refractivity contribution in [2.45, 2.75) is 33.1 Å². The number of H-pyrrole nitrogens is 1. The van der Waals surface area contributed by atoms with Gasteiger partial charge in [0.25, 0.3) is 0 Å². The van der Waals surface area contributed by atoms with Crippen molar-refractivity contribution >= 4 is 0 Å². The fourth-order valence-electron chi connectivity index (χ4n) is 2.05. The van der Waals surface area contributed by atoms with Gasteiger partial charge in [-0.1, -0.05) is 45.0 Å². The van der Waals surface area contributed by atoms with E-state index in [-0.39, 0.29) is 5.41 Å². The van der Waals surface area contributed by atoms with Gasteiger partial charge in [0, 0.05) is 17.3 Å². The molecular weight excluding hydrogens is 210 g/mol. The Balaban J connectivity index is 2.56. The third-order valence-corrected chi connectivity index (χ3v) is 3.08. The molecule has 1 aromatic carbocycles. The molecule has 0 fully saturated rings. The van der Waals surface area contributed by atoms with Crippen molar-refractivity contribution in [1.29, 1.82) is 0 Å². The number of aromatic nitrogens is 1. The van der Waals surface area contributed by atoms with Gasteiger partial charge >= 0.3 is 0 Å². The largest absolute Gasteiger partial charge is 0.505 e. The summed E-state index contributed by atoms with van der Waals surface area (Å²) in [6.07, 6.45) is 1.90. The van der Waals surface area contributed by atoms with Gasteiger partial charge in [-0.05, 0) is 17.9 Å². The second-order valence-electron chi connectivity index (χ2n) is 5.49. The lowest BCUT2D eigenvalue weighted by atomic mass is 9.88. The Morgan fingerprint density at radius 1 is 1.12 bits per heavy atom. The minimum Gasteiger partial charge on any atom is -0.505 e. The van der Waals surface area contributed by atoms with E-state index in [1.807, 2.05) is 37.4 Å². The first-order chi connectivity index (χ1) is 7.91. The number of aromatic amines is 1. The molecule has 1 aromatic heterocycles. The molecule has 1 heterocycles. The summed E-state index contributed by atoms with van der Waals surface area (Å²) in [5, 5.41) is 10.3. The van der Waals surface area contributed by atoms with Crippen molar-refractivity contribution in [3.8, 4) is 17.0 Å². The van der Waals surface area contributed by atoms with E-state index in [9.17, 15) is 5.11 Å². The van der Waals surface area contributed by atoms with Crippen molar-refractivity contribution in [2.24, 2.45) is 0 Å². The summed E-state index contributed by atoms with van der Waals surface area (Å²) < 4.78 is 0. The van der Waals surface area contributed by atoms with E-state index >= 15 is 0 Å². The Morgan fingerprint density at radius 3 is 2.29 bits per heavy atom. The summed E-state index contributed by atoms with van der Waals surface area (Å²) in [6, 6.07) is 8.06. The number of hydrogen-bond acceptors (Lipinski definition) is 1. The standard InChI is InChI=1S/C15H19NO/c1-10-7-5-6-8-11(10)13-14(17)12(9-16-13)15(2,3)4/h5-9,16-17H,1-4H3. The Bertz CT molecular complexity index is 532. The van der Waals surface area contributed by atoms with Crippen LogP contribution in [-0.2, 0) is 5.41 Å². The van der Waals surface area contributed by atoms with Gasteiger partial charge in [0.05, 0.1) is 5.69 Å². The summed E-state index contributed by atoms with van der Waals surface area (Å²) in [4.78, 5) is 3.19. The number of nitrogens with one attached hydrogen (secondary N) is 1. The molecule has 2 aromatic rings. The van der Waals surface area contributed by atoms with Gasteiger partial charge < -0.3 is 10.1 Å². The van der Waals surface area contributed by atoms with Gasteiger partial charge in [-0.2, -0.15) is 0 Å². The van der Waals surface area contributed by atoms with Gasteiger partial charge in [0.15, 0.2) is 0 Å². The molecule has 17 heavy (non-hydrogen) atoms. The van der Waals surface area contributed by atoms with Crippen molar-refractivity contribution in [3.05, 3.63) is 41.6 Å². The molecule has 2 heteroatoms.